The average molecular weight is 401 g/mol. The van der Waals surface area contributed by atoms with Crippen LogP contribution < -0.4 is 4.74 Å². The molecule has 0 aliphatic carbocycles. The van der Waals surface area contributed by atoms with Crippen molar-refractivity contribution < 1.29 is 18.9 Å². The van der Waals surface area contributed by atoms with Crippen LogP contribution in [0, 0.1) is 0 Å². The van der Waals surface area contributed by atoms with Crippen LogP contribution in [0.4, 0.5) is 0 Å². The Balaban J connectivity index is 1.58. The molecule has 0 spiro atoms. The molecule has 0 unspecified atom stereocenters. The summed E-state index contributed by atoms with van der Waals surface area (Å²) < 4.78 is 21.9. The van der Waals surface area contributed by atoms with Crippen LogP contribution in [0.15, 0.2) is 55.1 Å². The largest absolute Gasteiger partial charge is 0.490 e. The smallest absolute Gasteiger partial charge is 0.138 e. The van der Waals surface area contributed by atoms with E-state index in [4.69, 9.17) is 18.9 Å². The van der Waals surface area contributed by atoms with Gasteiger partial charge in [0.25, 0.3) is 0 Å². The first-order chi connectivity index (χ1) is 13.9. The van der Waals surface area contributed by atoms with Crippen molar-refractivity contribution in [2.24, 2.45) is 0 Å². The molecule has 0 N–H and O–H groups in total. The van der Waals surface area contributed by atoms with Crippen molar-refractivity contribution in [1.82, 2.24) is 9.97 Å². The van der Waals surface area contributed by atoms with E-state index >= 15 is 0 Å². The Bertz CT molecular complexity index is 812. The number of thiophene rings is 1. The molecule has 3 aromatic rings. The Labute approximate surface area is 169 Å². The molecule has 0 aliphatic rings. The first-order valence-electron chi connectivity index (χ1n) is 9.10. The van der Waals surface area contributed by atoms with Crippen LogP contribution in [0.1, 0.15) is 0 Å². The molecule has 0 radical (unpaired) electrons. The minimum atomic E-state index is 0.475. The van der Waals surface area contributed by atoms with Crippen LogP contribution in [-0.2, 0) is 14.2 Å². The van der Waals surface area contributed by atoms with E-state index in [9.17, 15) is 0 Å². The zero-order chi connectivity index (χ0) is 19.4. The van der Waals surface area contributed by atoms with Gasteiger partial charge in [0.15, 0.2) is 0 Å². The molecule has 3 aromatic heterocycles. The highest BCUT2D eigenvalue weighted by molar-refractivity contribution is 7.19. The van der Waals surface area contributed by atoms with E-state index in [1.54, 1.807) is 43.2 Å². The number of pyridine rings is 2. The van der Waals surface area contributed by atoms with Crippen molar-refractivity contribution >= 4 is 11.3 Å². The third-order valence-corrected chi connectivity index (χ3v) is 5.11. The van der Waals surface area contributed by atoms with E-state index in [-0.39, 0.29) is 0 Å². The number of nitrogens with zero attached hydrogens (tertiary/aromatic N) is 2. The van der Waals surface area contributed by atoms with Crippen LogP contribution in [0.25, 0.3) is 20.9 Å². The maximum absolute atomic E-state index is 6.03. The van der Waals surface area contributed by atoms with Gasteiger partial charge in [-0.25, -0.2) is 0 Å². The summed E-state index contributed by atoms with van der Waals surface area (Å²) >= 11 is 1.69. The van der Waals surface area contributed by atoms with E-state index < -0.39 is 0 Å². The molecule has 0 amide bonds. The summed E-state index contributed by atoms with van der Waals surface area (Å²) in [5, 5.41) is 0. The maximum atomic E-state index is 6.03. The normalized spacial score (nSPS) is 10.9. The Morgan fingerprint density at radius 3 is 1.96 bits per heavy atom. The fourth-order valence-corrected chi connectivity index (χ4v) is 3.63. The third-order valence-electron chi connectivity index (χ3n) is 3.89. The van der Waals surface area contributed by atoms with Crippen LogP contribution in [0.3, 0.4) is 0 Å². The van der Waals surface area contributed by atoms with E-state index in [2.05, 4.69) is 16.0 Å². The molecule has 3 rings (SSSR count). The lowest BCUT2D eigenvalue weighted by molar-refractivity contribution is 0.0180. The molecule has 0 bridgehead atoms. The van der Waals surface area contributed by atoms with Crippen molar-refractivity contribution in [2.75, 3.05) is 46.8 Å². The van der Waals surface area contributed by atoms with Gasteiger partial charge in [0.05, 0.1) is 37.9 Å². The molecule has 0 aromatic carbocycles. The van der Waals surface area contributed by atoms with Crippen molar-refractivity contribution in [3.8, 4) is 26.6 Å². The maximum Gasteiger partial charge on any atom is 0.138 e. The molecular weight excluding hydrogens is 376 g/mol. The van der Waals surface area contributed by atoms with Gasteiger partial charge in [-0.2, -0.15) is 0 Å². The highest BCUT2D eigenvalue weighted by atomic mass is 32.1. The zero-order valence-corrected chi connectivity index (χ0v) is 16.7. The molecule has 0 fully saturated rings. The third kappa shape index (κ3) is 6.10. The zero-order valence-electron chi connectivity index (χ0n) is 15.9. The van der Waals surface area contributed by atoms with Crippen molar-refractivity contribution in [3.63, 3.8) is 0 Å². The van der Waals surface area contributed by atoms with E-state index in [1.165, 1.54) is 0 Å². The predicted octanol–water partition coefficient (Wildman–Crippen LogP) is 3.93. The molecular formula is C21H24N2O4S. The molecule has 148 valence electrons. The van der Waals surface area contributed by atoms with Gasteiger partial charge in [-0.1, -0.05) is 0 Å². The first-order valence-corrected chi connectivity index (χ1v) is 9.92. The molecule has 6 nitrogen and oxygen atoms in total. The molecule has 28 heavy (non-hydrogen) atoms. The summed E-state index contributed by atoms with van der Waals surface area (Å²) in [6, 6.07) is 10.0. The second kappa shape index (κ2) is 11.5. The van der Waals surface area contributed by atoms with Gasteiger partial charge in [0.1, 0.15) is 12.4 Å². The van der Waals surface area contributed by atoms with E-state index in [0.29, 0.717) is 39.6 Å². The van der Waals surface area contributed by atoms with Gasteiger partial charge in [0, 0.05) is 36.8 Å². The standard InChI is InChI=1S/C21H24N2O4S/c1-24-10-11-25-12-13-26-14-15-27-19-16-20(17-2-6-22-7-3-17)28-21(19)18-4-8-23-9-5-18/h2-9,16H,10-15H2,1H3. The molecule has 0 atom stereocenters. The Morgan fingerprint density at radius 2 is 1.32 bits per heavy atom. The lowest BCUT2D eigenvalue weighted by Gasteiger charge is -2.08. The second-order valence-corrected chi connectivity index (χ2v) is 6.89. The summed E-state index contributed by atoms with van der Waals surface area (Å²) in [7, 11) is 1.65. The van der Waals surface area contributed by atoms with Gasteiger partial charge < -0.3 is 18.9 Å². The highest BCUT2D eigenvalue weighted by Crippen LogP contribution is 2.42. The Hall–Kier alpha value is -2.32. The van der Waals surface area contributed by atoms with Gasteiger partial charge in [0.2, 0.25) is 0 Å². The van der Waals surface area contributed by atoms with Crippen molar-refractivity contribution in [2.45, 2.75) is 0 Å². The van der Waals surface area contributed by atoms with Crippen LogP contribution in [-0.4, -0.2) is 56.7 Å². The van der Waals surface area contributed by atoms with Crippen LogP contribution >= 0.6 is 11.3 Å². The summed E-state index contributed by atoms with van der Waals surface area (Å²) in [5.74, 6) is 0.850. The van der Waals surface area contributed by atoms with Crippen LogP contribution in [0.5, 0.6) is 5.75 Å². The molecule has 0 saturated heterocycles. The summed E-state index contributed by atoms with van der Waals surface area (Å²) in [6.07, 6.45) is 7.17. The average Bonchev–Trinajstić information content (AvgIpc) is 3.18. The molecule has 3 heterocycles. The number of hydrogen-bond acceptors (Lipinski definition) is 7. The molecule has 0 aliphatic heterocycles. The molecule has 7 heteroatoms. The Kier molecular flexibility index (Phi) is 8.39. The van der Waals surface area contributed by atoms with E-state index in [1.807, 2.05) is 24.3 Å². The summed E-state index contributed by atoms with van der Waals surface area (Å²) in [6.45, 7) is 3.25. The number of hydrogen-bond donors (Lipinski definition) is 0. The second-order valence-electron chi connectivity index (χ2n) is 5.84. The van der Waals surface area contributed by atoms with Crippen molar-refractivity contribution in [3.05, 3.63) is 55.1 Å². The minimum Gasteiger partial charge on any atom is -0.490 e. The van der Waals surface area contributed by atoms with Gasteiger partial charge in [-0.15, -0.1) is 11.3 Å². The van der Waals surface area contributed by atoms with E-state index in [0.717, 1.165) is 26.6 Å². The fourth-order valence-electron chi connectivity index (χ4n) is 2.52. The van der Waals surface area contributed by atoms with Crippen molar-refractivity contribution in [1.29, 1.82) is 0 Å². The van der Waals surface area contributed by atoms with Gasteiger partial charge in [-0.3, -0.25) is 9.97 Å². The summed E-state index contributed by atoms with van der Waals surface area (Å²) in [5.41, 5.74) is 2.21. The first kappa shape index (κ1) is 20.4. The van der Waals surface area contributed by atoms with Gasteiger partial charge in [-0.05, 0) is 41.5 Å². The number of rotatable bonds is 12. The number of aromatic nitrogens is 2. The topological polar surface area (TPSA) is 62.7 Å². The summed E-state index contributed by atoms with van der Waals surface area (Å²) in [4.78, 5) is 10.4. The molecule has 0 saturated carbocycles. The number of methoxy groups -OCH3 is 1. The highest BCUT2D eigenvalue weighted by Gasteiger charge is 2.13. The monoisotopic (exact) mass is 400 g/mol. The SMILES string of the molecule is COCCOCCOCCOc1cc(-c2ccncc2)sc1-c1ccncc1. The predicted molar refractivity (Wildman–Crippen MR) is 110 cm³/mol. The van der Waals surface area contributed by atoms with Crippen LogP contribution in [0.2, 0.25) is 0 Å². The number of ether oxygens (including phenoxy) is 4. The lowest BCUT2D eigenvalue weighted by atomic mass is 10.2. The fraction of sp³-hybridized carbons (Fsp3) is 0.333. The minimum absolute atomic E-state index is 0.475. The lowest BCUT2D eigenvalue weighted by Crippen LogP contribution is -2.12. The van der Waals surface area contributed by atoms with Gasteiger partial charge >= 0.3 is 0 Å². The quantitative estimate of drug-likeness (QED) is 0.429. The Morgan fingerprint density at radius 1 is 0.750 bits per heavy atom.